The number of nitrogens with one attached hydrogen (secondary N) is 1. The Bertz CT molecular complexity index is 423. The highest BCUT2D eigenvalue weighted by molar-refractivity contribution is 7.98. The van der Waals surface area contributed by atoms with Crippen LogP contribution in [0.1, 0.15) is 18.9 Å². The maximum absolute atomic E-state index is 7.42. The Hall–Kier alpha value is -0.870. The van der Waals surface area contributed by atoms with Gasteiger partial charge in [-0.2, -0.15) is 11.8 Å². The van der Waals surface area contributed by atoms with Gasteiger partial charge in [-0.05, 0) is 30.9 Å². The number of nitrogens with two attached hydrogens (primary N) is 1. The summed E-state index contributed by atoms with van der Waals surface area (Å²) < 4.78 is 0. The van der Waals surface area contributed by atoms with Crippen LogP contribution in [0.15, 0.2) is 18.2 Å². The third kappa shape index (κ3) is 3.56. The van der Waals surface area contributed by atoms with Gasteiger partial charge in [0.2, 0.25) is 0 Å². The lowest BCUT2D eigenvalue weighted by molar-refractivity contribution is 0.673. The Morgan fingerprint density at radius 3 is 2.67 bits per heavy atom. The molecule has 1 atom stereocenters. The highest BCUT2D eigenvalue weighted by atomic mass is 35.5. The van der Waals surface area contributed by atoms with Gasteiger partial charge in [-0.3, -0.25) is 5.41 Å². The first-order valence-corrected chi connectivity index (χ1v) is 7.64. The van der Waals surface area contributed by atoms with Gasteiger partial charge in [0.05, 0.1) is 5.02 Å². The van der Waals surface area contributed by atoms with E-state index in [-0.39, 0.29) is 5.84 Å². The fraction of sp³-hybridized carbons (Fsp3) is 0.462. The van der Waals surface area contributed by atoms with E-state index in [4.69, 9.17) is 22.7 Å². The molecule has 0 amide bonds. The second-order valence-corrected chi connectivity index (χ2v) is 5.52. The first-order valence-electron chi connectivity index (χ1n) is 5.87. The lowest BCUT2D eigenvalue weighted by atomic mass is 10.1. The molecular formula is C13H20ClN3S. The minimum absolute atomic E-state index is 0.00496. The summed E-state index contributed by atoms with van der Waals surface area (Å²) in [5, 5.41) is 7.95. The van der Waals surface area contributed by atoms with E-state index in [9.17, 15) is 0 Å². The average molecular weight is 286 g/mol. The molecule has 0 saturated heterocycles. The molecule has 100 valence electrons. The van der Waals surface area contributed by atoms with Crippen LogP contribution in [-0.4, -0.2) is 30.9 Å². The predicted molar refractivity (Wildman–Crippen MR) is 83.3 cm³/mol. The summed E-state index contributed by atoms with van der Waals surface area (Å²) >= 11 is 7.98. The first-order chi connectivity index (χ1) is 8.51. The van der Waals surface area contributed by atoms with Gasteiger partial charge in [-0.15, -0.1) is 0 Å². The largest absolute Gasteiger partial charge is 0.384 e. The number of anilines is 1. The molecule has 0 saturated carbocycles. The SMILES string of the molecule is CCC(CSC)N(C)c1ccc(C(=N)N)c(Cl)c1. The van der Waals surface area contributed by atoms with Crippen molar-refractivity contribution in [1.82, 2.24) is 0 Å². The van der Waals surface area contributed by atoms with Crippen molar-refractivity contribution >= 4 is 34.9 Å². The molecule has 0 aliphatic carbocycles. The van der Waals surface area contributed by atoms with Gasteiger partial charge in [0.15, 0.2) is 0 Å². The van der Waals surface area contributed by atoms with Gasteiger partial charge in [0.1, 0.15) is 5.84 Å². The van der Waals surface area contributed by atoms with Crippen LogP contribution in [-0.2, 0) is 0 Å². The Morgan fingerprint density at radius 1 is 1.56 bits per heavy atom. The number of amidine groups is 1. The first kappa shape index (κ1) is 15.2. The Labute approximate surface area is 118 Å². The van der Waals surface area contributed by atoms with Crippen LogP contribution in [0.25, 0.3) is 0 Å². The van der Waals surface area contributed by atoms with Crippen molar-refractivity contribution in [1.29, 1.82) is 5.41 Å². The van der Waals surface area contributed by atoms with Crippen molar-refractivity contribution in [3.63, 3.8) is 0 Å². The molecule has 0 bridgehead atoms. The van der Waals surface area contributed by atoms with Gasteiger partial charge in [0.25, 0.3) is 0 Å². The van der Waals surface area contributed by atoms with Crippen molar-refractivity contribution in [3.8, 4) is 0 Å². The van der Waals surface area contributed by atoms with E-state index in [1.807, 2.05) is 30.0 Å². The second-order valence-electron chi connectivity index (χ2n) is 4.21. The molecule has 3 nitrogen and oxygen atoms in total. The number of nitrogen functional groups attached to an aromatic ring is 1. The van der Waals surface area contributed by atoms with Gasteiger partial charge in [0, 0.05) is 30.1 Å². The van der Waals surface area contributed by atoms with Crippen LogP contribution >= 0.6 is 23.4 Å². The summed E-state index contributed by atoms with van der Waals surface area (Å²) in [6, 6.07) is 6.13. The van der Waals surface area contributed by atoms with E-state index >= 15 is 0 Å². The number of benzene rings is 1. The molecular weight excluding hydrogens is 266 g/mol. The highest BCUT2D eigenvalue weighted by Gasteiger charge is 2.14. The zero-order valence-corrected chi connectivity index (χ0v) is 12.6. The van der Waals surface area contributed by atoms with Gasteiger partial charge in [-0.1, -0.05) is 18.5 Å². The number of hydrogen-bond donors (Lipinski definition) is 2. The van der Waals surface area contributed by atoms with E-state index in [1.165, 1.54) is 0 Å². The van der Waals surface area contributed by atoms with E-state index in [0.29, 0.717) is 16.6 Å². The molecule has 0 aliphatic heterocycles. The van der Waals surface area contributed by atoms with Crippen LogP contribution in [0.3, 0.4) is 0 Å². The zero-order valence-electron chi connectivity index (χ0n) is 11.0. The molecule has 0 fully saturated rings. The number of thioether (sulfide) groups is 1. The fourth-order valence-corrected chi connectivity index (χ4v) is 2.97. The number of halogens is 1. The molecule has 1 rings (SSSR count). The normalized spacial score (nSPS) is 12.2. The Kier molecular flexibility index (Phi) is 5.82. The standard InChI is InChI=1S/C13H20ClN3S/c1-4-9(8-18-3)17(2)10-5-6-11(13(15)16)12(14)7-10/h5-7,9H,4,8H2,1-3H3,(H3,15,16). The molecule has 0 aliphatic rings. The second kappa shape index (κ2) is 6.90. The molecule has 18 heavy (non-hydrogen) atoms. The highest BCUT2D eigenvalue weighted by Crippen LogP contribution is 2.25. The number of rotatable bonds is 6. The summed E-state index contributed by atoms with van der Waals surface area (Å²) in [7, 11) is 2.07. The Balaban J connectivity index is 2.96. The molecule has 5 heteroatoms. The molecule has 0 radical (unpaired) electrons. The van der Waals surface area contributed by atoms with Crippen molar-refractivity contribution in [2.75, 3.05) is 24.0 Å². The summed E-state index contributed by atoms with van der Waals surface area (Å²) in [5.74, 6) is 1.09. The summed E-state index contributed by atoms with van der Waals surface area (Å²) in [6.07, 6.45) is 3.20. The van der Waals surface area contributed by atoms with E-state index in [2.05, 4.69) is 25.1 Å². The monoisotopic (exact) mass is 285 g/mol. The molecule has 0 heterocycles. The fourth-order valence-electron chi connectivity index (χ4n) is 1.85. The van der Waals surface area contributed by atoms with Crippen LogP contribution in [0.5, 0.6) is 0 Å². The summed E-state index contributed by atoms with van der Waals surface area (Å²) in [6.45, 7) is 2.18. The molecule has 3 N–H and O–H groups in total. The molecule has 0 spiro atoms. The minimum atomic E-state index is 0.00496. The van der Waals surface area contributed by atoms with E-state index in [0.717, 1.165) is 17.9 Å². The van der Waals surface area contributed by atoms with Crippen LogP contribution in [0.2, 0.25) is 5.02 Å². The molecule has 0 aromatic heterocycles. The topological polar surface area (TPSA) is 53.1 Å². The third-order valence-corrected chi connectivity index (χ3v) is 4.06. The van der Waals surface area contributed by atoms with Gasteiger partial charge in [-0.25, -0.2) is 0 Å². The van der Waals surface area contributed by atoms with Gasteiger partial charge >= 0.3 is 0 Å². The van der Waals surface area contributed by atoms with Crippen LogP contribution in [0.4, 0.5) is 5.69 Å². The van der Waals surface area contributed by atoms with Crippen molar-refractivity contribution in [2.45, 2.75) is 19.4 Å². The van der Waals surface area contributed by atoms with Crippen molar-refractivity contribution < 1.29 is 0 Å². The summed E-state index contributed by atoms with van der Waals surface area (Å²) in [5.41, 5.74) is 7.11. The average Bonchev–Trinajstić information content (AvgIpc) is 2.34. The zero-order chi connectivity index (χ0) is 13.7. The van der Waals surface area contributed by atoms with Gasteiger partial charge < -0.3 is 10.6 Å². The van der Waals surface area contributed by atoms with E-state index in [1.54, 1.807) is 0 Å². The summed E-state index contributed by atoms with van der Waals surface area (Å²) in [4.78, 5) is 2.23. The number of nitrogens with zero attached hydrogens (tertiary/aromatic N) is 1. The minimum Gasteiger partial charge on any atom is -0.384 e. The van der Waals surface area contributed by atoms with Crippen LogP contribution in [0, 0.1) is 5.41 Å². The predicted octanol–water partition coefficient (Wildman–Crippen LogP) is 3.20. The Morgan fingerprint density at radius 2 is 2.22 bits per heavy atom. The smallest absolute Gasteiger partial charge is 0.124 e. The lowest BCUT2D eigenvalue weighted by Gasteiger charge is -2.29. The van der Waals surface area contributed by atoms with E-state index < -0.39 is 0 Å². The van der Waals surface area contributed by atoms with Crippen LogP contribution < -0.4 is 10.6 Å². The molecule has 1 unspecified atom stereocenters. The maximum Gasteiger partial charge on any atom is 0.124 e. The molecule has 1 aromatic carbocycles. The number of hydrogen-bond acceptors (Lipinski definition) is 3. The van der Waals surface area contributed by atoms with Crippen molar-refractivity contribution in [2.24, 2.45) is 5.73 Å². The lowest BCUT2D eigenvalue weighted by Crippen LogP contribution is -2.33. The quantitative estimate of drug-likeness (QED) is 0.623. The van der Waals surface area contributed by atoms with Crippen molar-refractivity contribution in [3.05, 3.63) is 28.8 Å². The maximum atomic E-state index is 7.42. The molecule has 1 aromatic rings. The third-order valence-electron chi connectivity index (χ3n) is 3.03.